The molecule has 1 fully saturated rings. The molecule has 2 amide bonds. The van der Waals surface area contributed by atoms with Crippen molar-refractivity contribution in [2.24, 2.45) is 0 Å². The molecule has 118 valence electrons. The molecule has 1 aliphatic heterocycles. The van der Waals surface area contributed by atoms with E-state index in [-0.39, 0.29) is 18.2 Å². The molecule has 1 aromatic rings. The van der Waals surface area contributed by atoms with Gasteiger partial charge in [0.2, 0.25) is 11.8 Å². The average molecular weight is 303 g/mol. The van der Waals surface area contributed by atoms with Crippen LogP contribution in [0.15, 0.2) is 36.9 Å². The Hall–Kier alpha value is -2.34. The van der Waals surface area contributed by atoms with Crippen LogP contribution in [0.2, 0.25) is 0 Å². The Balaban J connectivity index is 1.90. The number of anilines is 1. The van der Waals surface area contributed by atoms with Crippen LogP contribution in [-0.2, 0) is 9.59 Å². The third kappa shape index (κ3) is 4.08. The van der Waals surface area contributed by atoms with E-state index in [1.807, 2.05) is 0 Å². The van der Waals surface area contributed by atoms with Crippen LogP contribution in [0.4, 0.5) is 5.69 Å². The van der Waals surface area contributed by atoms with Gasteiger partial charge in [-0.25, -0.2) is 0 Å². The van der Waals surface area contributed by atoms with Crippen molar-refractivity contribution in [3.8, 4) is 5.75 Å². The lowest BCUT2D eigenvalue weighted by Gasteiger charge is -2.32. The van der Waals surface area contributed by atoms with Crippen LogP contribution in [0.3, 0.4) is 0 Å². The van der Waals surface area contributed by atoms with E-state index in [2.05, 4.69) is 17.2 Å². The number of hydrogen-bond donors (Lipinski definition) is 2. The minimum atomic E-state index is -0.480. The van der Waals surface area contributed by atoms with Crippen LogP contribution in [0.5, 0.6) is 5.75 Å². The molecule has 6 nitrogen and oxygen atoms in total. The van der Waals surface area contributed by atoms with Gasteiger partial charge in [0.05, 0.1) is 19.6 Å². The third-order valence-corrected chi connectivity index (χ3v) is 3.50. The predicted octanol–water partition coefficient (Wildman–Crippen LogP) is 1.01. The highest BCUT2D eigenvalue weighted by molar-refractivity contribution is 5.95. The van der Waals surface area contributed by atoms with Gasteiger partial charge in [0.15, 0.2) is 0 Å². The first-order valence-corrected chi connectivity index (χ1v) is 7.21. The maximum absolute atomic E-state index is 12.2. The maximum atomic E-state index is 12.2. The Bertz CT molecular complexity index is 542. The van der Waals surface area contributed by atoms with Gasteiger partial charge >= 0.3 is 0 Å². The van der Waals surface area contributed by atoms with Crippen molar-refractivity contribution in [2.45, 2.75) is 12.5 Å². The van der Waals surface area contributed by atoms with Crippen molar-refractivity contribution in [2.75, 3.05) is 32.1 Å². The van der Waals surface area contributed by atoms with Crippen LogP contribution in [0.1, 0.15) is 6.42 Å². The first-order valence-electron chi connectivity index (χ1n) is 7.21. The van der Waals surface area contributed by atoms with Crippen molar-refractivity contribution < 1.29 is 14.3 Å². The Kier molecular flexibility index (Phi) is 5.55. The van der Waals surface area contributed by atoms with E-state index in [0.29, 0.717) is 25.3 Å². The molecule has 0 bridgehead atoms. The van der Waals surface area contributed by atoms with E-state index < -0.39 is 6.04 Å². The predicted molar refractivity (Wildman–Crippen MR) is 84.8 cm³/mol. The largest absolute Gasteiger partial charge is 0.497 e. The summed E-state index contributed by atoms with van der Waals surface area (Å²) < 4.78 is 5.06. The van der Waals surface area contributed by atoms with E-state index in [1.165, 1.54) is 0 Å². The van der Waals surface area contributed by atoms with Gasteiger partial charge < -0.3 is 20.3 Å². The molecule has 1 heterocycles. The topological polar surface area (TPSA) is 70.7 Å². The van der Waals surface area contributed by atoms with Crippen LogP contribution in [-0.4, -0.2) is 49.5 Å². The number of methoxy groups -OCH3 is 1. The summed E-state index contributed by atoms with van der Waals surface area (Å²) >= 11 is 0. The van der Waals surface area contributed by atoms with Gasteiger partial charge in [-0.3, -0.25) is 9.59 Å². The molecule has 1 aromatic carbocycles. The molecular formula is C16H21N3O3. The van der Waals surface area contributed by atoms with E-state index in [0.717, 1.165) is 5.75 Å². The smallest absolute Gasteiger partial charge is 0.240 e. The molecule has 0 aliphatic carbocycles. The van der Waals surface area contributed by atoms with Crippen molar-refractivity contribution in [1.82, 2.24) is 10.2 Å². The highest BCUT2D eigenvalue weighted by atomic mass is 16.5. The number of piperazine rings is 1. The van der Waals surface area contributed by atoms with E-state index in [9.17, 15) is 9.59 Å². The van der Waals surface area contributed by atoms with Crippen LogP contribution in [0.25, 0.3) is 0 Å². The zero-order valence-corrected chi connectivity index (χ0v) is 12.7. The van der Waals surface area contributed by atoms with E-state index in [1.54, 1.807) is 42.4 Å². The van der Waals surface area contributed by atoms with Gasteiger partial charge in [-0.05, 0) is 24.3 Å². The highest BCUT2D eigenvalue weighted by Gasteiger charge is 2.29. The van der Waals surface area contributed by atoms with E-state index >= 15 is 0 Å². The Morgan fingerprint density at radius 2 is 2.23 bits per heavy atom. The summed E-state index contributed by atoms with van der Waals surface area (Å²) in [5.41, 5.74) is 0.678. The summed E-state index contributed by atoms with van der Waals surface area (Å²) in [6, 6.07) is 6.58. The lowest BCUT2D eigenvalue weighted by atomic mass is 10.1. The summed E-state index contributed by atoms with van der Waals surface area (Å²) in [4.78, 5) is 26.0. The van der Waals surface area contributed by atoms with Gasteiger partial charge in [0, 0.05) is 25.3 Å². The van der Waals surface area contributed by atoms with Crippen molar-refractivity contribution in [1.29, 1.82) is 0 Å². The van der Waals surface area contributed by atoms with Gasteiger partial charge in [-0.1, -0.05) is 6.08 Å². The number of ether oxygens (including phenoxy) is 1. The molecule has 1 atom stereocenters. The molecule has 0 radical (unpaired) electrons. The lowest BCUT2D eigenvalue weighted by Crippen LogP contribution is -2.55. The van der Waals surface area contributed by atoms with Gasteiger partial charge in [-0.15, -0.1) is 6.58 Å². The molecule has 0 aromatic heterocycles. The van der Waals surface area contributed by atoms with Crippen molar-refractivity contribution >= 4 is 17.5 Å². The summed E-state index contributed by atoms with van der Waals surface area (Å²) in [5.74, 6) is 0.467. The first kappa shape index (κ1) is 16.0. The Morgan fingerprint density at radius 1 is 1.50 bits per heavy atom. The Morgan fingerprint density at radius 3 is 2.86 bits per heavy atom. The summed E-state index contributed by atoms with van der Waals surface area (Å²) in [6.07, 6.45) is 1.80. The number of benzene rings is 1. The fourth-order valence-corrected chi connectivity index (χ4v) is 2.36. The number of nitrogens with one attached hydrogen (secondary N) is 2. The van der Waals surface area contributed by atoms with Gasteiger partial charge in [0.25, 0.3) is 0 Å². The summed E-state index contributed by atoms with van der Waals surface area (Å²) in [5, 5.41) is 5.87. The molecule has 0 spiro atoms. The molecule has 22 heavy (non-hydrogen) atoms. The molecule has 1 unspecified atom stereocenters. The highest BCUT2D eigenvalue weighted by Crippen LogP contribution is 2.15. The lowest BCUT2D eigenvalue weighted by molar-refractivity contribution is -0.136. The van der Waals surface area contributed by atoms with Crippen LogP contribution >= 0.6 is 0 Å². The van der Waals surface area contributed by atoms with Crippen LogP contribution < -0.4 is 15.4 Å². The zero-order chi connectivity index (χ0) is 15.9. The van der Waals surface area contributed by atoms with Gasteiger partial charge in [0.1, 0.15) is 5.75 Å². The standard InChI is InChI=1S/C16H21N3O3/c1-3-9-19-10-8-17-14(16(19)21)11-15(20)18-12-4-6-13(22-2)7-5-12/h3-7,14,17H,1,8-11H2,2H3,(H,18,20). The average Bonchev–Trinajstić information content (AvgIpc) is 2.52. The summed E-state index contributed by atoms with van der Waals surface area (Å²) in [7, 11) is 1.59. The molecule has 0 saturated carbocycles. The number of carbonyl (C=O) groups excluding carboxylic acids is 2. The second kappa shape index (κ2) is 7.61. The summed E-state index contributed by atoms with van der Waals surface area (Å²) in [6.45, 7) is 5.47. The minimum Gasteiger partial charge on any atom is -0.497 e. The number of rotatable bonds is 6. The quantitative estimate of drug-likeness (QED) is 0.770. The normalized spacial score (nSPS) is 18.0. The number of hydrogen-bond acceptors (Lipinski definition) is 4. The number of nitrogens with zero attached hydrogens (tertiary/aromatic N) is 1. The monoisotopic (exact) mass is 303 g/mol. The number of carbonyl (C=O) groups is 2. The van der Waals surface area contributed by atoms with Gasteiger partial charge in [-0.2, -0.15) is 0 Å². The fourth-order valence-electron chi connectivity index (χ4n) is 2.36. The molecule has 6 heteroatoms. The molecule has 2 rings (SSSR count). The SMILES string of the molecule is C=CCN1CCNC(CC(=O)Nc2ccc(OC)cc2)C1=O. The Labute approximate surface area is 130 Å². The van der Waals surface area contributed by atoms with Crippen LogP contribution in [0, 0.1) is 0 Å². The molecule has 2 N–H and O–H groups in total. The number of amides is 2. The second-order valence-corrected chi connectivity index (χ2v) is 5.06. The van der Waals surface area contributed by atoms with Crippen molar-refractivity contribution in [3.05, 3.63) is 36.9 Å². The zero-order valence-electron chi connectivity index (χ0n) is 12.7. The fraction of sp³-hybridized carbons (Fsp3) is 0.375. The first-order chi connectivity index (χ1) is 10.6. The van der Waals surface area contributed by atoms with E-state index in [4.69, 9.17) is 4.74 Å². The molecule has 1 saturated heterocycles. The third-order valence-electron chi connectivity index (χ3n) is 3.50. The van der Waals surface area contributed by atoms with Crippen molar-refractivity contribution in [3.63, 3.8) is 0 Å². The second-order valence-electron chi connectivity index (χ2n) is 5.06. The molecule has 1 aliphatic rings. The minimum absolute atomic E-state index is 0.0592. The molecular weight excluding hydrogens is 282 g/mol. The maximum Gasteiger partial charge on any atom is 0.240 e.